The van der Waals surface area contributed by atoms with Crippen LogP contribution in [-0.2, 0) is 52.6 Å². The zero-order chi connectivity index (χ0) is 53.9. The van der Waals surface area contributed by atoms with E-state index < -0.39 is 114 Å². The predicted octanol–water partition coefficient (Wildman–Crippen LogP) is 2.94. The number of rotatable bonds is 14. The maximum Gasteiger partial charge on any atom is 0.414 e. The van der Waals surface area contributed by atoms with E-state index in [4.69, 9.17) is 28.4 Å². The number of aliphatic hydroxyl groups is 6. The van der Waals surface area contributed by atoms with Crippen LogP contribution in [-0.4, -0.2) is 205 Å². The number of methoxy groups -OCH3 is 1. The van der Waals surface area contributed by atoms with Crippen LogP contribution in [0, 0.1) is 23.7 Å². The zero-order valence-corrected chi connectivity index (χ0v) is 45.5. The molecule has 5 heterocycles. The topological polar surface area (TPSA) is 251 Å². The van der Waals surface area contributed by atoms with Crippen molar-refractivity contribution in [3.05, 3.63) is 41.7 Å². The van der Waals surface area contributed by atoms with E-state index >= 15 is 0 Å². The fourth-order valence-corrected chi connectivity index (χ4v) is 12.1. The lowest BCUT2D eigenvalue weighted by Gasteiger charge is -2.51. The van der Waals surface area contributed by atoms with Gasteiger partial charge in [-0.25, -0.2) is 4.79 Å². The Bertz CT molecular complexity index is 2100. The monoisotopic (exact) mass is 1030 g/mol. The summed E-state index contributed by atoms with van der Waals surface area (Å²) in [4.78, 5) is 32.4. The van der Waals surface area contributed by atoms with Gasteiger partial charge in [0.05, 0.1) is 60.4 Å². The number of nitrogens with zero attached hydrogens (tertiary/aromatic N) is 6. The standard InChI is InChI=1S/C53H88N6O14/c1-14-42-53(10,67)45(62)34(6)57(12)26-30(2)24-51(8,66)47(32(4)43(33(5)48(64)72-42)41-25-52(9,68-13)46(63)35(7)70-41)73-49-44(61)40(23-31(3)69-49)56(11)21-20-37-27-58(55-54-37)22-19-36-15-17-38(18-16-36)59-28-39(29-60)71-50(59)65/h15-18,27,30-35,39-47,49,60-63,66-67H,14,19-26,28-29H2,1-13H3/t30-,31-,32+,33-,34-,35+,39-,40+,41?,42-,43+,44-,45-,46+,47-,49+,51-,52-,53-/m1/s1. The van der Waals surface area contributed by atoms with E-state index in [9.17, 15) is 40.2 Å². The Morgan fingerprint density at radius 3 is 2.23 bits per heavy atom. The number of aromatic nitrogens is 3. The minimum absolute atomic E-state index is 0.179. The normalized spacial score (nSPS) is 40.8. The van der Waals surface area contributed by atoms with E-state index in [0.717, 1.165) is 11.3 Å². The van der Waals surface area contributed by atoms with Gasteiger partial charge in [0.1, 0.15) is 36.1 Å². The zero-order valence-electron chi connectivity index (χ0n) is 45.5. The molecule has 4 aliphatic heterocycles. The number of likely N-dealkylation sites (N-methyl/N-ethyl adjacent to an activating group) is 2. The molecule has 20 heteroatoms. The summed E-state index contributed by atoms with van der Waals surface area (Å²) in [7, 11) is 5.32. The molecule has 19 atom stereocenters. The molecule has 4 aliphatic rings. The maximum atomic E-state index is 14.6. The van der Waals surface area contributed by atoms with Gasteiger partial charge in [0, 0.05) is 69.5 Å². The summed E-state index contributed by atoms with van der Waals surface area (Å²) in [5.41, 5.74) is -1.94. The highest BCUT2D eigenvalue weighted by Crippen LogP contribution is 2.45. The van der Waals surface area contributed by atoms with Crippen molar-refractivity contribution in [1.82, 2.24) is 24.8 Å². The van der Waals surface area contributed by atoms with Crippen molar-refractivity contribution in [2.24, 2.45) is 23.7 Å². The van der Waals surface area contributed by atoms with E-state index in [2.05, 4.69) is 15.2 Å². The summed E-state index contributed by atoms with van der Waals surface area (Å²) in [5.74, 6) is -3.17. The summed E-state index contributed by atoms with van der Waals surface area (Å²) >= 11 is 0. The first-order valence-electron chi connectivity index (χ1n) is 26.4. The molecule has 1 amide bonds. The third-order valence-electron chi connectivity index (χ3n) is 16.7. The molecule has 0 aliphatic carbocycles. The van der Waals surface area contributed by atoms with E-state index in [1.54, 1.807) is 39.3 Å². The van der Waals surface area contributed by atoms with Crippen molar-refractivity contribution in [3.63, 3.8) is 0 Å². The molecule has 0 saturated carbocycles. The van der Waals surface area contributed by atoms with Crippen LogP contribution < -0.4 is 4.90 Å². The number of benzene rings is 1. The number of anilines is 1. The molecule has 1 aromatic heterocycles. The fourth-order valence-electron chi connectivity index (χ4n) is 12.1. The number of hydrogen-bond donors (Lipinski definition) is 6. The number of ether oxygens (including phenoxy) is 6. The van der Waals surface area contributed by atoms with Crippen molar-refractivity contribution in [2.45, 2.75) is 204 Å². The average molecular weight is 1030 g/mol. The highest BCUT2D eigenvalue weighted by atomic mass is 16.7. The Morgan fingerprint density at radius 1 is 0.918 bits per heavy atom. The number of cyclic esters (lactones) is 2. The van der Waals surface area contributed by atoms with Crippen molar-refractivity contribution in [2.75, 3.05) is 52.3 Å². The largest absolute Gasteiger partial charge is 0.459 e. The molecule has 73 heavy (non-hydrogen) atoms. The molecule has 0 spiro atoms. The Balaban J connectivity index is 1.22. The number of aryl methyl sites for hydroxylation is 2. The van der Waals surface area contributed by atoms with Crippen LogP contribution in [0.5, 0.6) is 0 Å². The van der Waals surface area contributed by atoms with Crippen molar-refractivity contribution >= 4 is 17.7 Å². The van der Waals surface area contributed by atoms with Gasteiger partial charge in [-0.05, 0) is 111 Å². The van der Waals surface area contributed by atoms with Crippen LogP contribution in [0.15, 0.2) is 30.5 Å². The summed E-state index contributed by atoms with van der Waals surface area (Å²) < 4.78 is 39.2. The molecule has 6 rings (SSSR count). The molecule has 0 bridgehead atoms. The Hall–Kier alpha value is -3.38. The third kappa shape index (κ3) is 13.4. The highest BCUT2D eigenvalue weighted by molar-refractivity contribution is 5.89. The van der Waals surface area contributed by atoms with Crippen LogP contribution in [0.25, 0.3) is 0 Å². The van der Waals surface area contributed by atoms with Gasteiger partial charge < -0.3 is 68.9 Å². The number of carbonyl (C=O) groups excluding carboxylic acids is 2. The van der Waals surface area contributed by atoms with Crippen LogP contribution in [0.3, 0.4) is 0 Å². The van der Waals surface area contributed by atoms with Gasteiger partial charge in [-0.15, -0.1) is 5.10 Å². The molecule has 0 radical (unpaired) electrons. The van der Waals surface area contributed by atoms with Crippen molar-refractivity contribution in [1.29, 1.82) is 0 Å². The molecule has 6 N–H and O–H groups in total. The molecule has 1 aromatic carbocycles. The second-order valence-corrected chi connectivity index (χ2v) is 22.7. The lowest BCUT2D eigenvalue weighted by molar-refractivity contribution is -0.302. The van der Waals surface area contributed by atoms with Crippen molar-refractivity contribution in [3.8, 4) is 0 Å². The molecule has 20 nitrogen and oxygen atoms in total. The van der Waals surface area contributed by atoms with Crippen molar-refractivity contribution < 1.29 is 68.6 Å². The van der Waals surface area contributed by atoms with Crippen LogP contribution in [0.2, 0.25) is 0 Å². The smallest absolute Gasteiger partial charge is 0.414 e. The third-order valence-corrected chi connectivity index (χ3v) is 16.7. The van der Waals surface area contributed by atoms with Gasteiger partial charge in [0.15, 0.2) is 6.29 Å². The van der Waals surface area contributed by atoms with E-state index in [-0.39, 0.29) is 37.9 Å². The lowest BCUT2D eigenvalue weighted by atomic mass is 9.68. The number of carbonyl (C=O) groups is 2. The maximum absolute atomic E-state index is 14.6. The quantitative estimate of drug-likeness (QED) is 0.149. The highest BCUT2D eigenvalue weighted by Gasteiger charge is 2.55. The number of amides is 1. The number of esters is 1. The molecule has 2 aromatic rings. The summed E-state index contributed by atoms with van der Waals surface area (Å²) in [6, 6.07) is 6.65. The second kappa shape index (κ2) is 24.3. The Kier molecular flexibility index (Phi) is 19.6. The van der Waals surface area contributed by atoms with Gasteiger partial charge in [-0.3, -0.25) is 14.4 Å². The SMILES string of the molecule is CC[C@H]1OC(=O)[C@H](C)[C@@H](C2C[C@@](C)(OC)[C@@H](O)[C@H](C)O2)[C@H](C)[C@@H](O[C@@H]2O[C@H](C)C[C@H](N(C)CCc3cn(CCc4ccc(N5C[C@H](CO)OC5=O)cc4)nn3)[C@H]2O)[C@](C)(O)C[C@@H](C)CN(C)[C@H](C)[C@@H](O)[C@]1(C)O. The lowest BCUT2D eigenvalue weighted by Crippen LogP contribution is -2.62. The molecular formula is C53H88N6O14. The second-order valence-electron chi connectivity index (χ2n) is 22.7. The minimum atomic E-state index is -1.82. The molecular weight excluding hydrogens is 945 g/mol. The number of hydrogen-bond acceptors (Lipinski definition) is 18. The minimum Gasteiger partial charge on any atom is -0.459 e. The predicted molar refractivity (Wildman–Crippen MR) is 270 cm³/mol. The summed E-state index contributed by atoms with van der Waals surface area (Å²) in [5, 5.41) is 78.3. The fraction of sp³-hybridized carbons (Fsp3) is 0.811. The molecule has 1 unspecified atom stereocenters. The Morgan fingerprint density at radius 2 is 1.60 bits per heavy atom. The summed E-state index contributed by atoms with van der Waals surface area (Å²) in [6.45, 7) is 19.5. The van der Waals surface area contributed by atoms with Gasteiger partial charge in [-0.2, -0.15) is 0 Å². The first-order chi connectivity index (χ1) is 34.2. The first kappa shape index (κ1) is 58.9. The average Bonchev–Trinajstić information content (AvgIpc) is 3.97. The summed E-state index contributed by atoms with van der Waals surface area (Å²) in [6.07, 6.45) is -5.31. The van der Waals surface area contributed by atoms with Crippen LogP contribution in [0.4, 0.5) is 10.5 Å². The number of aliphatic hydroxyl groups excluding tert-OH is 4. The molecule has 4 saturated heterocycles. The molecule has 414 valence electrons. The molecule has 4 fully saturated rings. The van der Waals surface area contributed by atoms with E-state index in [0.29, 0.717) is 51.1 Å². The van der Waals surface area contributed by atoms with Gasteiger partial charge in [0.25, 0.3) is 0 Å². The van der Waals surface area contributed by atoms with Gasteiger partial charge in [-0.1, -0.05) is 45.0 Å². The van der Waals surface area contributed by atoms with Crippen LogP contribution in [0.1, 0.15) is 106 Å². The van der Waals surface area contributed by atoms with Gasteiger partial charge in [0.2, 0.25) is 0 Å². The first-order valence-corrected chi connectivity index (χ1v) is 26.4. The Labute approximate surface area is 432 Å². The van der Waals surface area contributed by atoms with E-state index in [1.165, 1.54) is 18.9 Å². The van der Waals surface area contributed by atoms with Gasteiger partial charge >= 0.3 is 12.1 Å². The van der Waals surface area contributed by atoms with Crippen LogP contribution >= 0.6 is 0 Å². The van der Waals surface area contributed by atoms with E-state index in [1.807, 2.05) is 77.2 Å².